The summed E-state index contributed by atoms with van der Waals surface area (Å²) in [7, 11) is 0. The predicted molar refractivity (Wildman–Crippen MR) is 64.3 cm³/mol. The summed E-state index contributed by atoms with van der Waals surface area (Å²) >= 11 is 5.65. The Morgan fingerprint density at radius 3 is 2.76 bits per heavy atom. The van der Waals surface area contributed by atoms with E-state index < -0.39 is 11.9 Å². The van der Waals surface area contributed by atoms with Gasteiger partial charge in [-0.3, -0.25) is 4.98 Å². The van der Waals surface area contributed by atoms with Gasteiger partial charge in [0, 0.05) is 28.9 Å². The Morgan fingerprint density at radius 2 is 2.12 bits per heavy atom. The van der Waals surface area contributed by atoms with Crippen molar-refractivity contribution in [3.05, 3.63) is 64.7 Å². The van der Waals surface area contributed by atoms with Gasteiger partial charge in [-0.05, 0) is 24.3 Å². The third kappa shape index (κ3) is 3.02. The van der Waals surface area contributed by atoms with Gasteiger partial charge >= 0.3 is 0 Å². The first kappa shape index (κ1) is 12.0. The van der Waals surface area contributed by atoms with Gasteiger partial charge in [0.05, 0.1) is 6.10 Å². The normalized spacial score (nSPS) is 12.4. The first-order valence-electron chi connectivity index (χ1n) is 5.20. The van der Waals surface area contributed by atoms with E-state index in [-0.39, 0.29) is 12.0 Å². The van der Waals surface area contributed by atoms with Crippen molar-refractivity contribution >= 4 is 11.6 Å². The van der Waals surface area contributed by atoms with E-state index in [1.807, 2.05) is 6.07 Å². The molecule has 88 valence electrons. The van der Waals surface area contributed by atoms with Gasteiger partial charge < -0.3 is 5.11 Å². The van der Waals surface area contributed by atoms with E-state index in [2.05, 4.69) is 4.98 Å². The molecule has 0 spiro atoms. The largest absolute Gasteiger partial charge is 0.388 e. The van der Waals surface area contributed by atoms with Gasteiger partial charge in [-0.2, -0.15) is 0 Å². The summed E-state index contributed by atoms with van der Waals surface area (Å²) in [5.74, 6) is -0.499. The molecule has 1 N–H and O–H groups in total. The van der Waals surface area contributed by atoms with Gasteiger partial charge in [0.15, 0.2) is 0 Å². The van der Waals surface area contributed by atoms with E-state index in [0.29, 0.717) is 10.7 Å². The van der Waals surface area contributed by atoms with Crippen molar-refractivity contribution in [1.29, 1.82) is 0 Å². The van der Waals surface area contributed by atoms with Crippen LogP contribution in [0, 0.1) is 5.82 Å². The lowest BCUT2D eigenvalue weighted by molar-refractivity contribution is 0.172. The minimum Gasteiger partial charge on any atom is -0.388 e. The molecule has 1 aromatic carbocycles. The van der Waals surface area contributed by atoms with Crippen molar-refractivity contribution in [2.24, 2.45) is 0 Å². The highest BCUT2D eigenvalue weighted by Crippen LogP contribution is 2.23. The molecule has 1 heterocycles. The number of halogens is 2. The summed E-state index contributed by atoms with van der Waals surface area (Å²) in [5, 5.41) is 10.2. The fourth-order valence-corrected chi connectivity index (χ4v) is 1.76. The Kier molecular flexibility index (Phi) is 3.71. The topological polar surface area (TPSA) is 33.1 Å². The molecule has 1 aromatic heterocycles. The van der Waals surface area contributed by atoms with Crippen molar-refractivity contribution < 1.29 is 9.50 Å². The van der Waals surface area contributed by atoms with Crippen LogP contribution in [0.4, 0.5) is 4.39 Å². The van der Waals surface area contributed by atoms with Crippen molar-refractivity contribution in [2.75, 3.05) is 0 Å². The highest BCUT2D eigenvalue weighted by molar-refractivity contribution is 6.30. The fraction of sp³-hybridized carbons (Fsp3) is 0.154. The van der Waals surface area contributed by atoms with Crippen LogP contribution in [0.3, 0.4) is 0 Å². The zero-order chi connectivity index (χ0) is 12.3. The molecule has 4 heteroatoms. The van der Waals surface area contributed by atoms with Gasteiger partial charge in [0.2, 0.25) is 0 Å². The van der Waals surface area contributed by atoms with Crippen LogP contribution in [0.25, 0.3) is 0 Å². The predicted octanol–water partition coefficient (Wildman–Crippen LogP) is 3.15. The minimum atomic E-state index is -0.915. The molecule has 2 nitrogen and oxygen atoms in total. The number of aliphatic hydroxyl groups is 1. The van der Waals surface area contributed by atoms with Gasteiger partial charge in [-0.25, -0.2) is 4.39 Å². The van der Waals surface area contributed by atoms with E-state index >= 15 is 0 Å². The number of benzene rings is 1. The Morgan fingerprint density at radius 1 is 1.29 bits per heavy atom. The minimum absolute atomic E-state index is 0.236. The summed E-state index contributed by atoms with van der Waals surface area (Å²) in [6, 6.07) is 9.65. The molecule has 0 saturated heterocycles. The lowest BCUT2D eigenvalue weighted by Crippen LogP contribution is -2.05. The Labute approximate surface area is 104 Å². The first-order chi connectivity index (χ1) is 8.16. The van der Waals surface area contributed by atoms with Gasteiger partial charge in [0.1, 0.15) is 5.82 Å². The molecule has 0 aliphatic heterocycles. The van der Waals surface area contributed by atoms with Crippen LogP contribution in [0.15, 0.2) is 42.6 Å². The molecule has 17 heavy (non-hydrogen) atoms. The molecule has 0 radical (unpaired) electrons. The number of hydrogen-bond donors (Lipinski definition) is 1. The zero-order valence-electron chi connectivity index (χ0n) is 8.98. The Hall–Kier alpha value is -1.45. The molecule has 1 unspecified atom stereocenters. The summed E-state index contributed by atoms with van der Waals surface area (Å²) in [4.78, 5) is 4.08. The van der Waals surface area contributed by atoms with Crippen LogP contribution in [-0.4, -0.2) is 10.1 Å². The average Bonchev–Trinajstić information content (AvgIpc) is 2.30. The SMILES string of the molecule is OC(Cc1ccccn1)c1ccc(Cl)cc1F. The van der Waals surface area contributed by atoms with Gasteiger partial charge in [-0.1, -0.05) is 23.7 Å². The fourth-order valence-electron chi connectivity index (χ4n) is 1.60. The van der Waals surface area contributed by atoms with Crippen molar-refractivity contribution in [1.82, 2.24) is 4.98 Å². The van der Waals surface area contributed by atoms with Crippen LogP contribution in [0.1, 0.15) is 17.4 Å². The van der Waals surface area contributed by atoms with Crippen molar-refractivity contribution in [2.45, 2.75) is 12.5 Å². The summed E-state index contributed by atoms with van der Waals surface area (Å²) < 4.78 is 13.5. The van der Waals surface area contributed by atoms with Crippen LogP contribution in [0.2, 0.25) is 5.02 Å². The monoisotopic (exact) mass is 251 g/mol. The lowest BCUT2D eigenvalue weighted by Gasteiger charge is -2.11. The molecule has 0 bridgehead atoms. The highest BCUT2D eigenvalue weighted by Gasteiger charge is 2.14. The molecule has 2 aromatic rings. The molecule has 0 amide bonds. The first-order valence-corrected chi connectivity index (χ1v) is 5.57. The Bertz CT molecular complexity index is 504. The van der Waals surface area contributed by atoms with E-state index in [9.17, 15) is 9.50 Å². The number of pyridine rings is 1. The number of nitrogens with zero attached hydrogens (tertiary/aromatic N) is 1. The molecule has 0 aliphatic rings. The summed E-state index contributed by atoms with van der Waals surface area (Å²) in [6.45, 7) is 0. The quantitative estimate of drug-likeness (QED) is 0.909. The maximum atomic E-state index is 13.5. The molecule has 0 aliphatic carbocycles. The average molecular weight is 252 g/mol. The molecule has 0 fully saturated rings. The molecule has 2 rings (SSSR count). The van der Waals surface area contributed by atoms with E-state index in [0.717, 1.165) is 0 Å². The Balaban J connectivity index is 2.17. The number of aliphatic hydroxyl groups excluding tert-OH is 1. The number of rotatable bonds is 3. The second-order valence-electron chi connectivity index (χ2n) is 3.71. The molecule has 0 saturated carbocycles. The third-order valence-corrected chi connectivity index (χ3v) is 2.69. The van der Waals surface area contributed by atoms with E-state index in [1.54, 1.807) is 24.4 Å². The van der Waals surface area contributed by atoms with Crippen molar-refractivity contribution in [3.63, 3.8) is 0 Å². The highest BCUT2D eigenvalue weighted by atomic mass is 35.5. The zero-order valence-corrected chi connectivity index (χ0v) is 9.73. The lowest BCUT2D eigenvalue weighted by atomic mass is 10.0. The summed E-state index contributed by atoms with van der Waals surface area (Å²) in [5.41, 5.74) is 0.953. The third-order valence-electron chi connectivity index (χ3n) is 2.45. The molecular weight excluding hydrogens is 241 g/mol. The van der Waals surface area contributed by atoms with E-state index in [1.165, 1.54) is 12.1 Å². The van der Waals surface area contributed by atoms with Crippen LogP contribution in [-0.2, 0) is 6.42 Å². The smallest absolute Gasteiger partial charge is 0.130 e. The van der Waals surface area contributed by atoms with Crippen LogP contribution >= 0.6 is 11.6 Å². The summed E-state index contributed by atoms with van der Waals surface area (Å²) in [6.07, 6.45) is 1.00. The maximum absolute atomic E-state index is 13.5. The molecular formula is C13H11ClFNO. The van der Waals surface area contributed by atoms with Crippen LogP contribution < -0.4 is 0 Å². The maximum Gasteiger partial charge on any atom is 0.130 e. The van der Waals surface area contributed by atoms with Gasteiger partial charge in [0.25, 0.3) is 0 Å². The van der Waals surface area contributed by atoms with Crippen molar-refractivity contribution in [3.8, 4) is 0 Å². The number of aromatic nitrogens is 1. The van der Waals surface area contributed by atoms with Gasteiger partial charge in [-0.15, -0.1) is 0 Å². The number of hydrogen-bond acceptors (Lipinski definition) is 2. The molecule has 1 atom stereocenters. The second-order valence-corrected chi connectivity index (χ2v) is 4.14. The van der Waals surface area contributed by atoms with E-state index in [4.69, 9.17) is 11.6 Å². The van der Waals surface area contributed by atoms with Crippen LogP contribution in [0.5, 0.6) is 0 Å². The second kappa shape index (κ2) is 5.25. The standard InChI is InChI=1S/C13H11ClFNO/c14-9-4-5-11(12(15)7-9)13(17)8-10-3-1-2-6-16-10/h1-7,13,17H,8H2.